The highest BCUT2D eigenvalue weighted by molar-refractivity contribution is 6.73. The van der Waals surface area contributed by atoms with Crippen LogP contribution in [-0.2, 0) is 18.3 Å². The van der Waals surface area contributed by atoms with Crippen molar-refractivity contribution in [3.8, 4) is 0 Å². The van der Waals surface area contributed by atoms with Crippen LogP contribution in [0.25, 0.3) is 0 Å². The maximum absolute atomic E-state index is 6.40. The smallest absolute Gasteiger partial charge is 0.391 e. The summed E-state index contributed by atoms with van der Waals surface area (Å²) in [4.78, 5) is 0. The van der Waals surface area contributed by atoms with Crippen LogP contribution >= 0.6 is 0 Å². The Morgan fingerprint density at radius 3 is 2.32 bits per heavy atom. The number of ether oxygens (including phenoxy) is 2. The summed E-state index contributed by atoms with van der Waals surface area (Å²) in [7, 11) is -2.52. The van der Waals surface area contributed by atoms with Crippen molar-refractivity contribution in [3.63, 3.8) is 0 Å². The lowest BCUT2D eigenvalue weighted by Gasteiger charge is -2.48. The predicted molar refractivity (Wildman–Crippen MR) is 90.0 cm³/mol. The Bertz CT molecular complexity index is 333. The molecule has 0 aliphatic carbocycles. The van der Waals surface area contributed by atoms with Gasteiger partial charge in [0.2, 0.25) is 0 Å². The van der Waals surface area contributed by atoms with Gasteiger partial charge in [-0.1, -0.05) is 32.6 Å². The van der Waals surface area contributed by atoms with Gasteiger partial charge in [-0.2, -0.15) is 0 Å². The van der Waals surface area contributed by atoms with Crippen molar-refractivity contribution < 1.29 is 18.3 Å². The quantitative estimate of drug-likeness (QED) is 0.327. The number of fused-ring (bicyclic) bond motifs is 1. The van der Waals surface area contributed by atoms with Crippen LogP contribution < -0.4 is 0 Å². The molecular formula is C17H34O4Si. The van der Waals surface area contributed by atoms with Gasteiger partial charge in [0, 0.05) is 19.8 Å². The number of rotatable bonds is 11. The van der Waals surface area contributed by atoms with Gasteiger partial charge in [-0.25, -0.2) is 0 Å². The van der Waals surface area contributed by atoms with Crippen LogP contribution in [0.3, 0.4) is 0 Å². The van der Waals surface area contributed by atoms with E-state index >= 15 is 0 Å². The van der Waals surface area contributed by atoms with Crippen LogP contribution in [-0.4, -0.2) is 45.4 Å². The third kappa shape index (κ3) is 3.43. The summed E-state index contributed by atoms with van der Waals surface area (Å²) in [6, 6.07) is 0. The molecule has 4 nitrogen and oxygen atoms in total. The van der Waals surface area contributed by atoms with Gasteiger partial charge in [-0.3, -0.25) is 0 Å². The molecule has 22 heavy (non-hydrogen) atoms. The lowest BCUT2D eigenvalue weighted by atomic mass is 10.0. The van der Waals surface area contributed by atoms with Gasteiger partial charge in [0.25, 0.3) is 0 Å². The molecule has 0 saturated carbocycles. The van der Waals surface area contributed by atoms with Crippen LogP contribution in [0.2, 0.25) is 0 Å². The summed E-state index contributed by atoms with van der Waals surface area (Å²) in [6.45, 7) is 10.6. The molecule has 2 saturated heterocycles. The summed E-state index contributed by atoms with van der Waals surface area (Å²) >= 11 is 0. The molecule has 130 valence electrons. The first-order valence-corrected chi connectivity index (χ1v) is 11.2. The highest BCUT2D eigenvalue weighted by Crippen LogP contribution is 2.51. The van der Waals surface area contributed by atoms with Gasteiger partial charge in [0.1, 0.15) is 11.0 Å². The molecule has 2 aliphatic heterocycles. The van der Waals surface area contributed by atoms with Gasteiger partial charge < -0.3 is 18.3 Å². The Labute approximate surface area is 137 Å². The van der Waals surface area contributed by atoms with E-state index in [1.165, 1.54) is 25.7 Å². The highest BCUT2D eigenvalue weighted by Gasteiger charge is 2.74. The molecule has 2 aliphatic rings. The SMILES string of the molecule is CCCCCCC1(OCC)CCC2OC2[Si]1(OCC)OCC. The third-order valence-electron chi connectivity index (χ3n) is 5.00. The third-order valence-corrected chi connectivity index (χ3v) is 9.60. The van der Waals surface area contributed by atoms with Crippen LogP contribution in [0.4, 0.5) is 0 Å². The van der Waals surface area contributed by atoms with E-state index in [1.54, 1.807) is 0 Å². The Morgan fingerprint density at radius 2 is 1.73 bits per heavy atom. The molecule has 5 heteroatoms. The molecule has 2 heterocycles. The summed E-state index contributed by atoms with van der Waals surface area (Å²) < 4.78 is 25.1. The fraction of sp³-hybridized carbons (Fsp3) is 1.00. The van der Waals surface area contributed by atoms with Gasteiger partial charge in [-0.05, 0) is 40.0 Å². The summed E-state index contributed by atoms with van der Waals surface area (Å²) in [5.74, 6) is 0. The van der Waals surface area contributed by atoms with Crippen LogP contribution in [0.1, 0.15) is 72.6 Å². The molecule has 2 fully saturated rings. The van der Waals surface area contributed by atoms with Crippen LogP contribution in [0.5, 0.6) is 0 Å². The van der Waals surface area contributed by atoms with Crippen LogP contribution in [0.15, 0.2) is 0 Å². The second-order valence-electron chi connectivity index (χ2n) is 6.41. The standard InChI is InChI=1S/C17H34O4Si/c1-5-9-10-11-13-17(18-6-2)14-12-15-16(21-15)22(17,19-7-3)20-8-4/h15-16H,5-14H2,1-4H3. The van der Waals surface area contributed by atoms with E-state index in [0.29, 0.717) is 19.3 Å². The fourth-order valence-electron chi connectivity index (χ4n) is 4.06. The molecule has 0 radical (unpaired) electrons. The zero-order chi connectivity index (χ0) is 16.1. The van der Waals surface area contributed by atoms with Crippen molar-refractivity contribution >= 4 is 8.56 Å². The molecule has 3 unspecified atom stereocenters. The molecule has 0 N–H and O–H groups in total. The first kappa shape index (κ1) is 18.4. The van der Waals surface area contributed by atoms with E-state index in [0.717, 1.165) is 25.9 Å². The normalized spacial score (nSPS) is 32.7. The largest absolute Gasteiger partial charge is 0.403 e. The lowest BCUT2D eigenvalue weighted by Crippen LogP contribution is -2.70. The van der Waals surface area contributed by atoms with E-state index in [9.17, 15) is 0 Å². The Morgan fingerprint density at radius 1 is 1.00 bits per heavy atom. The maximum atomic E-state index is 6.40. The maximum Gasteiger partial charge on any atom is 0.403 e. The minimum absolute atomic E-state index is 0.180. The van der Waals surface area contributed by atoms with Gasteiger partial charge in [0.05, 0.1) is 6.10 Å². The second-order valence-corrected chi connectivity index (χ2v) is 9.80. The van der Waals surface area contributed by atoms with Gasteiger partial charge in [0.15, 0.2) is 0 Å². The zero-order valence-electron chi connectivity index (χ0n) is 14.9. The van der Waals surface area contributed by atoms with Crippen molar-refractivity contribution in [2.24, 2.45) is 0 Å². The minimum Gasteiger partial charge on any atom is -0.391 e. The molecule has 0 aromatic rings. The van der Waals surface area contributed by atoms with Gasteiger partial charge in [-0.15, -0.1) is 0 Å². The van der Waals surface area contributed by atoms with Crippen molar-refractivity contribution in [1.29, 1.82) is 0 Å². The van der Waals surface area contributed by atoms with E-state index in [2.05, 4.69) is 27.7 Å². The first-order valence-electron chi connectivity index (χ1n) is 9.27. The van der Waals surface area contributed by atoms with E-state index in [4.69, 9.17) is 18.3 Å². The summed E-state index contributed by atoms with van der Waals surface area (Å²) in [5, 5.41) is -0.223. The van der Waals surface area contributed by atoms with Gasteiger partial charge >= 0.3 is 8.56 Å². The van der Waals surface area contributed by atoms with Crippen molar-refractivity contribution in [2.75, 3.05) is 19.8 Å². The van der Waals surface area contributed by atoms with Crippen molar-refractivity contribution in [2.45, 2.75) is 89.7 Å². The first-order chi connectivity index (χ1) is 10.7. The average Bonchev–Trinajstić information content (AvgIpc) is 3.29. The molecule has 0 aromatic heterocycles. The Hall–Kier alpha value is 0.0569. The molecule has 0 bridgehead atoms. The summed E-state index contributed by atoms with van der Waals surface area (Å²) in [5.41, 5.74) is 0.180. The molecule has 0 spiro atoms. The monoisotopic (exact) mass is 330 g/mol. The molecule has 0 aromatic carbocycles. The Balaban J connectivity index is 2.20. The molecule has 3 atom stereocenters. The number of unbranched alkanes of at least 4 members (excludes halogenated alkanes) is 3. The van der Waals surface area contributed by atoms with Crippen molar-refractivity contribution in [1.82, 2.24) is 0 Å². The lowest BCUT2D eigenvalue weighted by molar-refractivity contribution is -0.0455. The average molecular weight is 331 g/mol. The number of hydrogen-bond acceptors (Lipinski definition) is 4. The van der Waals surface area contributed by atoms with E-state index in [-0.39, 0.29) is 11.0 Å². The molecule has 0 amide bonds. The second kappa shape index (κ2) is 8.24. The van der Waals surface area contributed by atoms with Crippen molar-refractivity contribution in [3.05, 3.63) is 0 Å². The molecular weight excluding hydrogens is 296 g/mol. The highest BCUT2D eigenvalue weighted by atomic mass is 28.4. The zero-order valence-corrected chi connectivity index (χ0v) is 15.9. The molecule has 2 rings (SSSR count). The summed E-state index contributed by atoms with van der Waals surface area (Å²) in [6.07, 6.45) is 8.54. The number of epoxide rings is 1. The topological polar surface area (TPSA) is 40.2 Å². The van der Waals surface area contributed by atoms with E-state index in [1.807, 2.05) is 0 Å². The predicted octanol–water partition coefficient (Wildman–Crippen LogP) is 3.89. The van der Waals surface area contributed by atoms with Crippen LogP contribution in [0, 0.1) is 0 Å². The minimum atomic E-state index is -2.52. The number of hydrogen-bond donors (Lipinski definition) is 0. The fourth-order valence-corrected chi connectivity index (χ4v) is 8.75. The van der Waals surface area contributed by atoms with E-state index < -0.39 is 8.56 Å². The Kier molecular flexibility index (Phi) is 6.89.